The molecule has 35 heavy (non-hydrogen) atoms. The van der Waals surface area contributed by atoms with Gasteiger partial charge in [0.05, 0.1) is 6.61 Å². The minimum Gasteiger partial charge on any atom is -0.494 e. The van der Waals surface area contributed by atoms with Gasteiger partial charge in [-0.15, -0.1) is 0 Å². The van der Waals surface area contributed by atoms with Gasteiger partial charge in [-0.2, -0.15) is 0 Å². The number of hydrogen-bond donors (Lipinski definition) is 2. The van der Waals surface area contributed by atoms with Crippen LogP contribution in [0.4, 0.5) is 0 Å². The Labute approximate surface area is 215 Å². The Morgan fingerprint density at radius 1 is 0.629 bits per heavy atom. The van der Waals surface area contributed by atoms with Crippen LogP contribution in [0.25, 0.3) is 0 Å². The van der Waals surface area contributed by atoms with Crippen molar-refractivity contribution in [1.82, 2.24) is 20.4 Å². The summed E-state index contributed by atoms with van der Waals surface area (Å²) in [5, 5.41) is 7.19. The molecule has 0 bridgehead atoms. The average Bonchev–Trinajstić information content (AvgIpc) is 2.83. The lowest BCUT2D eigenvalue weighted by Gasteiger charge is -2.14. The molecule has 0 radical (unpaired) electrons. The maximum atomic E-state index is 6.20. The molecular formula is C30H50N4O. The molecule has 5 heteroatoms. The number of ether oxygens (including phenoxy) is 1. The molecule has 2 aromatic rings. The molecule has 0 unspecified atom stereocenters. The molecule has 0 amide bonds. The molecule has 0 spiro atoms. The van der Waals surface area contributed by atoms with Crippen LogP contribution in [0.15, 0.2) is 48.5 Å². The Morgan fingerprint density at radius 2 is 1.20 bits per heavy atom. The number of benzene rings is 2. The number of aryl methyl sites for hydroxylation is 1. The highest BCUT2D eigenvalue weighted by Crippen LogP contribution is 2.19. The van der Waals surface area contributed by atoms with Crippen molar-refractivity contribution in [1.29, 1.82) is 0 Å². The molecule has 196 valence electrons. The van der Waals surface area contributed by atoms with E-state index in [4.69, 9.17) is 4.74 Å². The van der Waals surface area contributed by atoms with Crippen molar-refractivity contribution in [2.45, 2.75) is 58.0 Å². The first-order valence-electron chi connectivity index (χ1n) is 13.5. The summed E-state index contributed by atoms with van der Waals surface area (Å²) < 4.78 is 6.20. The van der Waals surface area contributed by atoms with Crippen molar-refractivity contribution >= 4 is 0 Å². The second-order valence-corrected chi connectivity index (χ2v) is 10.2. The second kappa shape index (κ2) is 18.4. The number of hydrogen-bond acceptors (Lipinski definition) is 5. The van der Waals surface area contributed by atoms with Crippen LogP contribution >= 0.6 is 0 Å². The van der Waals surface area contributed by atoms with Crippen molar-refractivity contribution in [2.75, 3.05) is 61.0 Å². The third kappa shape index (κ3) is 14.9. The van der Waals surface area contributed by atoms with Gasteiger partial charge >= 0.3 is 0 Å². The maximum absolute atomic E-state index is 6.20. The highest BCUT2D eigenvalue weighted by Gasteiger charge is 2.04. The first-order chi connectivity index (χ1) is 17.0. The van der Waals surface area contributed by atoms with Gasteiger partial charge in [0.15, 0.2) is 0 Å². The fraction of sp³-hybridized carbons (Fsp3) is 0.600. The predicted octanol–water partition coefficient (Wildman–Crippen LogP) is 4.95. The zero-order chi connectivity index (χ0) is 25.1. The van der Waals surface area contributed by atoms with Crippen LogP contribution in [0.3, 0.4) is 0 Å². The summed E-state index contributed by atoms with van der Waals surface area (Å²) in [7, 11) is 8.51. The van der Waals surface area contributed by atoms with Gasteiger partial charge in [-0.25, -0.2) is 0 Å². The maximum Gasteiger partial charge on any atom is 0.119 e. The smallest absolute Gasteiger partial charge is 0.119 e. The van der Waals surface area contributed by atoms with E-state index in [9.17, 15) is 0 Å². The molecule has 0 saturated heterocycles. The van der Waals surface area contributed by atoms with E-state index in [-0.39, 0.29) is 0 Å². The normalized spacial score (nSPS) is 11.5. The van der Waals surface area contributed by atoms with Crippen molar-refractivity contribution < 1.29 is 4.74 Å². The van der Waals surface area contributed by atoms with Crippen molar-refractivity contribution in [3.05, 3.63) is 65.2 Å². The quantitative estimate of drug-likeness (QED) is 0.261. The molecule has 0 heterocycles. The number of unbranched alkanes of at least 4 members (excludes halogenated alkanes) is 3. The Hall–Kier alpha value is -1.92. The summed E-state index contributed by atoms with van der Waals surface area (Å²) in [5.41, 5.74) is 4.05. The fourth-order valence-electron chi connectivity index (χ4n) is 4.14. The number of nitrogens with one attached hydrogen (secondary N) is 2. The van der Waals surface area contributed by atoms with Gasteiger partial charge in [-0.3, -0.25) is 0 Å². The molecule has 2 aromatic carbocycles. The lowest BCUT2D eigenvalue weighted by atomic mass is 10.1. The Kier molecular flexibility index (Phi) is 15.4. The van der Waals surface area contributed by atoms with Gasteiger partial charge in [0.25, 0.3) is 0 Å². The van der Waals surface area contributed by atoms with E-state index in [0.29, 0.717) is 0 Å². The minimum absolute atomic E-state index is 0.792. The number of nitrogens with zero attached hydrogens (tertiary/aromatic N) is 2. The van der Waals surface area contributed by atoms with Crippen LogP contribution in [-0.4, -0.2) is 70.8 Å². The van der Waals surface area contributed by atoms with E-state index in [0.717, 1.165) is 70.9 Å². The topological polar surface area (TPSA) is 39.8 Å². The van der Waals surface area contributed by atoms with Crippen molar-refractivity contribution in [3.8, 4) is 5.75 Å². The Bertz CT molecular complexity index is 743. The molecule has 5 nitrogen and oxygen atoms in total. The van der Waals surface area contributed by atoms with Gasteiger partial charge in [0.1, 0.15) is 5.75 Å². The van der Waals surface area contributed by atoms with Crippen LogP contribution in [0.1, 0.15) is 55.2 Å². The lowest BCUT2D eigenvalue weighted by molar-refractivity contribution is 0.304. The molecule has 2 rings (SSSR count). The van der Waals surface area contributed by atoms with Gasteiger partial charge < -0.3 is 25.2 Å². The summed E-state index contributed by atoms with van der Waals surface area (Å²) in [4.78, 5) is 4.47. The molecule has 0 fully saturated rings. The highest BCUT2D eigenvalue weighted by molar-refractivity contribution is 5.34. The summed E-state index contributed by atoms with van der Waals surface area (Å²) in [6.07, 6.45) is 8.35. The SMILES string of the molecule is CN(C)CCCNCc1cc(CNCCCN(C)C)cc(OCCCCCCc2ccccc2)c1. The Morgan fingerprint density at radius 3 is 1.77 bits per heavy atom. The van der Waals surface area contributed by atoms with Crippen LogP contribution < -0.4 is 15.4 Å². The zero-order valence-corrected chi connectivity index (χ0v) is 22.8. The highest BCUT2D eigenvalue weighted by atomic mass is 16.5. The Balaban J connectivity index is 1.75. The molecule has 0 saturated carbocycles. The van der Waals surface area contributed by atoms with Crippen LogP contribution in [-0.2, 0) is 19.5 Å². The molecule has 0 aliphatic rings. The summed E-state index contributed by atoms with van der Waals surface area (Å²) in [6, 6.07) is 17.5. The van der Waals surface area contributed by atoms with Crippen LogP contribution in [0, 0.1) is 0 Å². The van der Waals surface area contributed by atoms with Gasteiger partial charge in [0.2, 0.25) is 0 Å². The van der Waals surface area contributed by atoms with Crippen LogP contribution in [0.5, 0.6) is 5.75 Å². The number of rotatable bonds is 20. The molecule has 2 N–H and O–H groups in total. The monoisotopic (exact) mass is 482 g/mol. The van der Waals surface area contributed by atoms with Gasteiger partial charge in [-0.1, -0.05) is 49.2 Å². The van der Waals surface area contributed by atoms with E-state index >= 15 is 0 Å². The zero-order valence-electron chi connectivity index (χ0n) is 22.8. The first kappa shape index (κ1) is 29.3. The minimum atomic E-state index is 0.792. The molecule has 0 aliphatic carbocycles. The average molecular weight is 483 g/mol. The van der Waals surface area contributed by atoms with E-state index in [1.165, 1.54) is 42.4 Å². The van der Waals surface area contributed by atoms with E-state index in [1.807, 2.05) is 0 Å². The van der Waals surface area contributed by atoms with E-state index in [2.05, 4.69) is 97.2 Å². The largest absolute Gasteiger partial charge is 0.494 e. The first-order valence-corrected chi connectivity index (χ1v) is 13.5. The summed E-state index contributed by atoms with van der Waals surface area (Å²) in [6.45, 7) is 6.86. The molecule has 0 aromatic heterocycles. The third-order valence-electron chi connectivity index (χ3n) is 6.07. The lowest BCUT2D eigenvalue weighted by Crippen LogP contribution is -2.22. The van der Waals surface area contributed by atoms with E-state index < -0.39 is 0 Å². The fourth-order valence-corrected chi connectivity index (χ4v) is 4.14. The molecular weight excluding hydrogens is 432 g/mol. The van der Waals surface area contributed by atoms with Gasteiger partial charge in [0, 0.05) is 13.1 Å². The van der Waals surface area contributed by atoms with E-state index in [1.54, 1.807) is 0 Å². The summed E-state index contributed by atoms with van der Waals surface area (Å²) >= 11 is 0. The predicted molar refractivity (Wildman–Crippen MR) is 150 cm³/mol. The van der Waals surface area contributed by atoms with Crippen molar-refractivity contribution in [3.63, 3.8) is 0 Å². The van der Waals surface area contributed by atoms with Crippen LogP contribution in [0.2, 0.25) is 0 Å². The second-order valence-electron chi connectivity index (χ2n) is 10.2. The molecule has 0 atom stereocenters. The molecule has 0 aliphatic heterocycles. The third-order valence-corrected chi connectivity index (χ3v) is 6.07. The van der Waals surface area contributed by atoms with Gasteiger partial charge in [-0.05, 0) is 115 Å². The van der Waals surface area contributed by atoms with Crippen molar-refractivity contribution in [2.24, 2.45) is 0 Å². The standard InChI is InChI=1S/C30H50N4O/c1-33(2)19-12-17-31-25-28-22-29(26-32-18-13-20-34(3)4)24-30(23-28)35-21-11-6-5-8-14-27-15-9-7-10-16-27/h7,9-10,15-16,22-24,31-32H,5-6,8,11-14,17-21,25-26H2,1-4H3. The summed E-state index contributed by atoms with van der Waals surface area (Å²) in [5.74, 6) is 1.01.